The van der Waals surface area contributed by atoms with E-state index >= 15 is 0 Å². The van der Waals surface area contributed by atoms with Gasteiger partial charge in [-0.15, -0.1) is 5.10 Å². The van der Waals surface area contributed by atoms with Gasteiger partial charge in [-0.25, -0.2) is 9.97 Å². The van der Waals surface area contributed by atoms with Crippen LogP contribution in [0.25, 0.3) is 16.6 Å². The van der Waals surface area contributed by atoms with Crippen LogP contribution in [0.15, 0.2) is 18.2 Å². The average Bonchev–Trinajstić information content (AvgIpc) is 3.08. The molecule has 1 saturated carbocycles. The molecule has 2 unspecified atom stereocenters. The summed E-state index contributed by atoms with van der Waals surface area (Å²) in [4.78, 5) is 9.36. The SMILES string of the molecule is CCCC1CCCC(c2nc3c4cccc(OC)c4nc(N)n3n2)C1. The highest BCUT2D eigenvalue weighted by atomic mass is 16.5. The molecule has 2 heterocycles. The molecule has 0 amide bonds. The topological polar surface area (TPSA) is 78.3 Å². The van der Waals surface area contributed by atoms with Gasteiger partial charge in [0.25, 0.3) is 0 Å². The smallest absolute Gasteiger partial charge is 0.223 e. The predicted molar refractivity (Wildman–Crippen MR) is 98.9 cm³/mol. The summed E-state index contributed by atoms with van der Waals surface area (Å²) in [5, 5.41) is 5.64. The lowest BCUT2D eigenvalue weighted by atomic mass is 9.79. The molecule has 1 aliphatic carbocycles. The van der Waals surface area contributed by atoms with Gasteiger partial charge >= 0.3 is 0 Å². The van der Waals surface area contributed by atoms with Gasteiger partial charge in [0.15, 0.2) is 11.5 Å². The fourth-order valence-corrected chi connectivity index (χ4v) is 4.18. The number of para-hydroxylation sites is 1. The van der Waals surface area contributed by atoms with Gasteiger partial charge in [-0.05, 0) is 30.9 Å². The molecule has 4 rings (SSSR count). The van der Waals surface area contributed by atoms with Crippen molar-refractivity contribution in [2.75, 3.05) is 12.8 Å². The van der Waals surface area contributed by atoms with Gasteiger partial charge < -0.3 is 10.5 Å². The number of rotatable bonds is 4. The summed E-state index contributed by atoms with van der Waals surface area (Å²) in [5.41, 5.74) is 7.67. The number of anilines is 1. The second-order valence-corrected chi connectivity index (χ2v) is 7.05. The van der Waals surface area contributed by atoms with Crippen molar-refractivity contribution >= 4 is 22.5 Å². The first-order valence-corrected chi connectivity index (χ1v) is 9.20. The minimum absolute atomic E-state index is 0.353. The van der Waals surface area contributed by atoms with Crippen molar-refractivity contribution in [2.24, 2.45) is 5.92 Å². The number of nitrogen functional groups attached to an aromatic ring is 1. The number of benzene rings is 1. The maximum absolute atomic E-state index is 6.16. The van der Waals surface area contributed by atoms with Crippen molar-refractivity contribution in [3.63, 3.8) is 0 Å². The van der Waals surface area contributed by atoms with Crippen molar-refractivity contribution in [3.05, 3.63) is 24.0 Å². The molecule has 0 spiro atoms. The molecule has 0 saturated heterocycles. The fraction of sp³-hybridized carbons (Fsp3) is 0.526. The summed E-state index contributed by atoms with van der Waals surface area (Å²) >= 11 is 0. The standard InChI is InChI=1S/C19H25N5O/c1-3-6-12-7-4-8-13(11-12)17-22-18-14-9-5-10-15(25-2)16(14)21-19(20)24(18)23-17/h5,9-10,12-13H,3-4,6-8,11H2,1-2H3,(H2,20,21). The fourth-order valence-electron chi connectivity index (χ4n) is 4.18. The Hall–Kier alpha value is -2.37. The summed E-state index contributed by atoms with van der Waals surface area (Å²) < 4.78 is 7.10. The zero-order chi connectivity index (χ0) is 17.4. The van der Waals surface area contributed by atoms with Gasteiger partial charge in [0.05, 0.1) is 7.11 Å². The maximum Gasteiger partial charge on any atom is 0.223 e. The number of aromatic nitrogens is 4. The highest BCUT2D eigenvalue weighted by Crippen LogP contribution is 2.37. The molecule has 25 heavy (non-hydrogen) atoms. The van der Waals surface area contributed by atoms with E-state index in [-0.39, 0.29) is 0 Å². The van der Waals surface area contributed by atoms with E-state index in [0.29, 0.717) is 17.6 Å². The van der Waals surface area contributed by atoms with Crippen LogP contribution in [0.4, 0.5) is 5.95 Å². The zero-order valence-corrected chi connectivity index (χ0v) is 14.9. The Balaban J connectivity index is 1.79. The Morgan fingerprint density at radius 3 is 2.96 bits per heavy atom. The second-order valence-electron chi connectivity index (χ2n) is 7.05. The molecule has 132 valence electrons. The number of nitrogens with two attached hydrogens (primary N) is 1. The van der Waals surface area contributed by atoms with Crippen LogP contribution in [-0.4, -0.2) is 26.7 Å². The first-order chi connectivity index (χ1) is 12.2. The Labute approximate surface area is 147 Å². The van der Waals surface area contributed by atoms with E-state index in [4.69, 9.17) is 20.6 Å². The first-order valence-electron chi connectivity index (χ1n) is 9.20. The van der Waals surface area contributed by atoms with Crippen LogP contribution in [0.1, 0.15) is 57.2 Å². The summed E-state index contributed by atoms with van der Waals surface area (Å²) in [6, 6.07) is 5.84. The van der Waals surface area contributed by atoms with Gasteiger partial charge in [-0.2, -0.15) is 4.52 Å². The highest BCUT2D eigenvalue weighted by Gasteiger charge is 2.26. The maximum atomic E-state index is 6.16. The third-order valence-electron chi connectivity index (χ3n) is 5.37. The van der Waals surface area contributed by atoms with Crippen LogP contribution < -0.4 is 10.5 Å². The summed E-state index contributed by atoms with van der Waals surface area (Å²) in [5.74, 6) is 3.18. The van der Waals surface area contributed by atoms with Crippen LogP contribution in [0.5, 0.6) is 5.75 Å². The quantitative estimate of drug-likeness (QED) is 0.779. The minimum atomic E-state index is 0.353. The Morgan fingerprint density at radius 2 is 2.16 bits per heavy atom. The lowest BCUT2D eigenvalue weighted by molar-refractivity contribution is 0.297. The van der Waals surface area contributed by atoms with Crippen LogP contribution in [-0.2, 0) is 0 Å². The van der Waals surface area contributed by atoms with Crippen LogP contribution in [0.3, 0.4) is 0 Å². The molecule has 2 N–H and O–H groups in total. The number of ether oxygens (including phenoxy) is 1. The third-order valence-corrected chi connectivity index (χ3v) is 5.37. The molecule has 2 aromatic heterocycles. The zero-order valence-electron chi connectivity index (χ0n) is 14.9. The second kappa shape index (κ2) is 6.50. The molecule has 3 aromatic rings. The molecular weight excluding hydrogens is 314 g/mol. The summed E-state index contributed by atoms with van der Waals surface area (Å²) in [6.07, 6.45) is 7.48. The molecule has 1 aromatic carbocycles. The third kappa shape index (κ3) is 2.79. The van der Waals surface area contributed by atoms with Gasteiger partial charge in [-0.1, -0.05) is 38.7 Å². The van der Waals surface area contributed by atoms with Crippen molar-refractivity contribution in [1.82, 2.24) is 19.6 Å². The largest absolute Gasteiger partial charge is 0.494 e. The van der Waals surface area contributed by atoms with E-state index in [1.54, 1.807) is 11.6 Å². The van der Waals surface area contributed by atoms with Crippen molar-refractivity contribution in [1.29, 1.82) is 0 Å². The van der Waals surface area contributed by atoms with Gasteiger partial charge in [0.1, 0.15) is 11.3 Å². The Kier molecular flexibility index (Phi) is 4.19. The average molecular weight is 339 g/mol. The molecule has 6 heteroatoms. The van der Waals surface area contributed by atoms with Crippen LogP contribution in [0, 0.1) is 5.92 Å². The van der Waals surface area contributed by atoms with Crippen LogP contribution >= 0.6 is 0 Å². The van der Waals surface area contributed by atoms with E-state index < -0.39 is 0 Å². The van der Waals surface area contributed by atoms with Crippen LogP contribution in [0.2, 0.25) is 0 Å². The monoisotopic (exact) mass is 339 g/mol. The molecule has 1 fully saturated rings. The predicted octanol–water partition coefficient (Wildman–Crippen LogP) is 3.94. The molecule has 2 atom stereocenters. The van der Waals surface area contributed by atoms with Gasteiger partial charge in [0.2, 0.25) is 5.95 Å². The Morgan fingerprint density at radius 1 is 1.28 bits per heavy atom. The van der Waals surface area contributed by atoms with Crippen molar-refractivity contribution < 1.29 is 4.74 Å². The van der Waals surface area contributed by atoms with E-state index in [1.165, 1.54) is 32.1 Å². The lowest BCUT2D eigenvalue weighted by Gasteiger charge is -2.27. The molecule has 6 nitrogen and oxygen atoms in total. The number of hydrogen-bond donors (Lipinski definition) is 1. The lowest BCUT2D eigenvalue weighted by Crippen LogP contribution is -2.15. The molecule has 0 aliphatic heterocycles. The van der Waals surface area contributed by atoms with Crippen molar-refractivity contribution in [2.45, 2.75) is 51.4 Å². The molecule has 0 radical (unpaired) electrons. The molecule has 1 aliphatic rings. The van der Waals surface area contributed by atoms with Crippen molar-refractivity contribution in [3.8, 4) is 5.75 Å². The summed E-state index contributed by atoms with van der Waals surface area (Å²) in [7, 11) is 1.64. The number of fused-ring (bicyclic) bond motifs is 3. The Bertz CT molecular complexity index is 902. The van der Waals surface area contributed by atoms with E-state index in [0.717, 1.165) is 34.7 Å². The normalized spacial score (nSPS) is 21.0. The van der Waals surface area contributed by atoms with Gasteiger partial charge in [-0.3, -0.25) is 0 Å². The van der Waals surface area contributed by atoms with E-state index in [2.05, 4.69) is 11.9 Å². The minimum Gasteiger partial charge on any atom is -0.494 e. The molecular formula is C19H25N5O. The van der Waals surface area contributed by atoms with E-state index in [9.17, 15) is 0 Å². The molecule has 0 bridgehead atoms. The highest BCUT2D eigenvalue weighted by molar-refractivity contribution is 5.95. The number of hydrogen-bond acceptors (Lipinski definition) is 5. The first kappa shape index (κ1) is 16.1. The summed E-state index contributed by atoms with van der Waals surface area (Å²) in [6.45, 7) is 2.26. The number of methoxy groups -OCH3 is 1. The van der Waals surface area contributed by atoms with Gasteiger partial charge in [0, 0.05) is 11.3 Å². The number of nitrogens with zero attached hydrogens (tertiary/aromatic N) is 4. The van der Waals surface area contributed by atoms with E-state index in [1.807, 2.05) is 18.2 Å².